The summed E-state index contributed by atoms with van der Waals surface area (Å²) in [6.45, 7) is 1.75. The second-order valence-corrected chi connectivity index (χ2v) is 5.85. The van der Waals surface area contributed by atoms with Crippen molar-refractivity contribution in [2.24, 2.45) is 0 Å². The van der Waals surface area contributed by atoms with Gasteiger partial charge in [0.1, 0.15) is 5.52 Å². The number of rotatable bonds is 3. The van der Waals surface area contributed by atoms with Crippen molar-refractivity contribution in [2.75, 3.05) is 5.32 Å². The number of hydrogen-bond acceptors (Lipinski definition) is 4. The van der Waals surface area contributed by atoms with Gasteiger partial charge in [0.15, 0.2) is 11.5 Å². The fourth-order valence-corrected chi connectivity index (χ4v) is 2.79. The van der Waals surface area contributed by atoms with Crippen LogP contribution in [0.2, 0.25) is 0 Å². The number of fused-ring (bicyclic) bond motifs is 2. The molecule has 0 unspecified atom stereocenters. The highest BCUT2D eigenvalue weighted by Gasteiger charge is 2.09. The van der Waals surface area contributed by atoms with E-state index in [1.807, 2.05) is 30.3 Å². The third-order valence-electron chi connectivity index (χ3n) is 3.98. The predicted octanol–water partition coefficient (Wildman–Crippen LogP) is 3.63. The molecule has 0 saturated heterocycles. The first-order chi connectivity index (χ1) is 12.6. The first-order valence-electron chi connectivity index (χ1n) is 8.07. The number of H-pyrrole nitrogens is 1. The Hall–Kier alpha value is -3.67. The zero-order valence-corrected chi connectivity index (χ0v) is 13.9. The second-order valence-electron chi connectivity index (χ2n) is 5.85. The predicted molar refractivity (Wildman–Crippen MR) is 101 cm³/mol. The SMILES string of the molecule is Cc1nc2cccc(NC(=O)/C=C/c3cc4ccccc4[nH]c3=O)c2o1. The molecule has 4 aromatic rings. The number of aryl methyl sites for hydroxylation is 1. The van der Waals surface area contributed by atoms with E-state index < -0.39 is 0 Å². The van der Waals surface area contributed by atoms with Crippen molar-refractivity contribution in [1.82, 2.24) is 9.97 Å². The van der Waals surface area contributed by atoms with Gasteiger partial charge in [0.05, 0.1) is 5.69 Å². The van der Waals surface area contributed by atoms with Crippen LogP contribution in [0, 0.1) is 6.92 Å². The molecule has 26 heavy (non-hydrogen) atoms. The maximum Gasteiger partial charge on any atom is 0.255 e. The molecule has 2 aromatic heterocycles. The Morgan fingerprint density at radius 3 is 2.92 bits per heavy atom. The lowest BCUT2D eigenvalue weighted by atomic mass is 10.1. The van der Waals surface area contributed by atoms with Gasteiger partial charge in [0, 0.05) is 24.1 Å². The zero-order chi connectivity index (χ0) is 18.1. The lowest BCUT2D eigenvalue weighted by Gasteiger charge is -2.02. The Balaban J connectivity index is 1.60. The minimum Gasteiger partial charge on any atom is -0.439 e. The van der Waals surface area contributed by atoms with Gasteiger partial charge in [-0.1, -0.05) is 24.3 Å². The number of aromatic amines is 1. The van der Waals surface area contributed by atoms with Crippen molar-refractivity contribution >= 4 is 39.7 Å². The Bertz CT molecular complexity index is 1220. The second kappa shape index (κ2) is 6.33. The molecule has 0 aliphatic carbocycles. The van der Waals surface area contributed by atoms with Gasteiger partial charge < -0.3 is 14.7 Å². The first kappa shape index (κ1) is 15.8. The standard InChI is InChI=1S/C20H15N3O3/c1-12-21-16-7-4-8-17(19(16)26-12)22-18(24)10-9-14-11-13-5-2-3-6-15(13)23-20(14)25/h2-11H,1H3,(H,22,24)(H,23,25)/b10-9+. The van der Waals surface area contributed by atoms with Gasteiger partial charge in [-0.3, -0.25) is 9.59 Å². The van der Waals surface area contributed by atoms with Crippen LogP contribution in [-0.2, 0) is 4.79 Å². The van der Waals surface area contributed by atoms with Crippen LogP contribution in [0.15, 0.2) is 63.8 Å². The number of aromatic nitrogens is 2. The van der Waals surface area contributed by atoms with E-state index in [0.29, 0.717) is 28.2 Å². The number of anilines is 1. The molecule has 0 bridgehead atoms. The molecule has 2 aromatic carbocycles. The third-order valence-corrected chi connectivity index (χ3v) is 3.98. The number of carbonyl (C=O) groups excluding carboxylic acids is 1. The summed E-state index contributed by atoms with van der Waals surface area (Å²) in [5, 5.41) is 3.65. The maximum atomic E-state index is 12.2. The fourth-order valence-electron chi connectivity index (χ4n) is 2.79. The summed E-state index contributed by atoms with van der Waals surface area (Å²) in [6, 6.07) is 14.6. The molecular formula is C20H15N3O3. The van der Waals surface area contributed by atoms with Gasteiger partial charge >= 0.3 is 0 Å². The highest BCUT2D eigenvalue weighted by Crippen LogP contribution is 2.24. The van der Waals surface area contributed by atoms with E-state index in [-0.39, 0.29) is 11.5 Å². The third kappa shape index (κ3) is 3.00. The van der Waals surface area contributed by atoms with Crippen molar-refractivity contribution in [3.8, 4) is 0 Å². The van der Waals surface area contributed by atoms with E-state index in [0.717, 1.165) is 10.9 Å². The van der Waals surface area contributed by atoms with Crippen LogP contribution >= 0.6 is 0 Å². The maximum absolute atomic E-state index is 12.2. The van der Waals surface area contributed by atoms with Crippen molar-refractivity contribution in [2.45, 2.75) is 6.92 Å². The molecule has 0 spiro atoms. The van der Waals surface area contributed by atoms with E-state index in [4.69, 9.17) is 4.42 Å². The largest absolute Gasteiger partial charge is 0.439 e. The molecule has 2 N–H and O–H groups in total. The van der Waals surface area contributed by atoms with Crippen LogP contribution < -0.4 is 10.9 Å². The topological polar surface area (TPSA) is 88.0 Å². The number of hydrogen-bond donors (Lipinski definition) is 2. The van der Waals surface area contributed by atoms with E-state index >= 15 is 0 Å². The molecule has 4 rings (SSSR count). The van der Waals surface area contributed by atoms with Crippen LogP contribution in [0.1, 0.15) is 11.5 Å². The fraction of sp³-hybridized carbons (Fsp3) is 0.0500. The molecule has 128 valence electrons. The van der Waals surface area contributed by atoms with E-state index in [2.05, 4.69) is 15.3 Å². The molecule has 0 radical (unpaired) electrons. The molecule has 0 aliphatic rings. The van der Waals surface area contributed by atoms with E-state index in [1.54, 1.807) is 25.1 Å². The number of pyridine rings is 1. The van der Waals surface area contributed by atoms with Gasteiger partial charge in [-0.15, -0.1) is 0 Å². The van der Waals surface area contributed by atoms with Crippen LogP contribution in [-0.4, -0.2) is 15.9 Å². The highest BCUT2D eigenvalue weighted by molar-refractivity contribution is 6.05. The van der Waals surface area contributed by atoms with Crippen molar-refractivity contribution < 1.29 is 9.21 Å². The molecule has 1 amide bonds. The Kier molecular flexibility index (Phi) is 3.85. The van der Waals surface area contributed by atoms with Crippen molar-refractivity contribution in [3.05, 3.63) is 76.4 Å². The number of nitrogens with one attached hydrogen (secondary N) is 2. The molecule has 6 heteroatoms. The van der Waals surface area contributed by atoms with Gasteiger partial charge in [0.2, 0.25) is 5.91 Å². The number of para-hydroxylation sites is 2. The lowest BCUT2D eigenvalue weighted by molar-refractivity contribution is -0.111. The monoisotopic (exact) mass is 345 g/mol. The lowest BCUT2D eigenvalue weighted by Crippen LogP contribution is -2.11. The summed E-state index contributed by atoms with van der Waals surface area (Å²) in [5.74, 6) is 0.166. The summed E-state index contributed by atoms with van der Waals surface area (Å²) >= 11 is 0. The summed E-state index contributed by atoms with van der Waals surface area (Å²) in [7, 11) is 0. The molecule has 2 heterocycles. The molecule has 0 aliphatic heterocycles. The minimum absolute atomic E-state index is 0.249. The number of nitrogens with zero attached hydrogens (tertiary/aromatic N) is 1. The molecule has 0 saturated carbocycles. The van der Waals surface area contributed by atoms with Crippen LogP contribution in [0.5, 0.6) is 0 Å². The van der Waals surface area contributed by atoms with E-state index in [9.17, 15) is 9.59 Å². The quantitative estimate of drug-likeness (QED) is 0.555. The normalized spacial score (nSPS) is 11.4. The smallest absolute Gasteiger partial charge is 0.255 e. The molecule has 0 fully saturated rings. The summed E-state index contributed by atoms with van der Waals surface area (Å²) in [4.78, 5) is 31.4. The van der Waals surface area contributed by atoms with Gasteiger partial charge in [-0.05, 0) is 35.7 Å². The van der Waals surface area contributed by atoms with Gasteiger partial charge in [0.25, 0.3) is 5.56 Å². The van der Waals surface area contributed by atoms with Gasteiger partial charge in [-0.25, -0.2) is 4.98 Å². The minimum atomic E-state index is -0.362. The molecular weight excluding hydrogens is 330 g/mol. The highest BCUT2D eigenvalue weighted by atomic mass is 16.3. The summed E-state index contributed by atoms with van der Waals surface area (Å²) in [6.07, 6.45) is 2.81. The first-order valence-corrected chi connectivity index (χ1v) is 8.07. The summed E-state index contributed by atoms with van der Waals surface area (Å²) in [5.41, 5.74) is 2.65. The molecule has 0 atom stereocenters. The average Bonchev–Trinajstić information content (AvgIpc) is 3.01. The Morgan fingerprint density at radius 2 is 2.04 bits per heavy atom. The molecule has 6 nitrogen and oxygen atoms in total. The van der Waals surface area contributed by atoms with Crippen LogP contribution in [0.25, 0.3) is 28.1 Å². The summed E-state index contributed by atoms with van der Waals surface area (Å²) < 4.78 is 5.53. The van der Waals surface area contributed by atoms with Crippen LogP contribution in [0.3, 0.4) is 0 Å². The van der Waals surface area contributed by atoms with E-state index in [1.165, 1.54) is 12.2 Å². The number of carbonyl (C=O) groups is 1. The Morgan fingerprint density at radius 1 is 1.19 bits per heavy atom. The van der Waals surface area contributed by atoms with Crippen molar-refractivity contribution in [1.29, 1.82) is 0 Å². The zero-order valence-electron chi connectivity index (χ0n) is 13.9. The van der Waals surface area contributed by atoms with Gasteiger partial charge in [-0.2, -0.15) is 0 Å². The van der Waals surface area contributed by atoms with Crippen molar-refractivity contribution in [3.63, 3.8) is 0 Å². The number of oxazole rings is 1. The van der Waals surface area contributed by atoms with Crippen LogP contribution in [0.4, 0.5) is 5.69 Å². The number of benzene rings is 2. The Labute approximate surface area is 148 Å². The number of amides is 1. The average molecular weight is 345 g/mol.